The monoisotopic (exact) mass is 345 g/mol. The van der Waals surface area contributed by atoms with Crippen molar-refractivity contribution in [2.45, 2.75) is 32.2 Å². The maximum absolute atomic E-state index is 12.2. The fourth-order valence-electron chi connectivity index (χ4n) is 2.71. The van der Waals surface area contributed by atoms with Crippen LogP contribution in [0.25, 0.3) is 0 Å². The van der Waals surface area contributed by atoms with E-state index in [2.05, 4.69) is 11.4 Å². The quantitative estimate of drug-likeness (QED) is 0.844. The third kappa shape index (κ3) is 5.58. The van der Waals surface area contributed by atoms with Crippen LogP contribution in [0.3, 0.4) is 0 Å². The van der Waals surface area contributed by atoms with E-state index in [4.69, 9.17) is 5.14 Å². The third-order valence-electron chi connectivity index (χ3n) is 3.83. The van der Waals surface area contributed by atoms with Gasteiger partial charge in [0, 0.05) is 30.4 Å². The molecule has 1 aliphatic rings. The SMILES string of the molecule is C[C@@H](Cc1cccs1)NC(=O)N1CCC(CS(N)(=O)=O)CC1. The minimum absolute atomic E-state index is 0.0112. The zero-order valence-electron chi connectivity index (χ0n) is 12.7. The van der Waals surface area contributed by atoms with Crippen LogP contribution in [-0.4, -0.2) is 44.2 Å². The van der Waals surface area contributed by atoms with E-state index in [-0.39, 0.29) is 23.7 Å². The van der Waals surface area contributed by atoms with Gasteiger partial charge in [-0.25, -0.2) is 18.4 Å². The first-order valence-electron chi connectivity index (χ1n) is 7.42. The van der Waals surface area contributed by atoms with Crippen LogP contribution < -0.4 is 10.5 Å². The van der Waals surface area contributed by atoms with E-state index in [1.165, 1.54) is 4.88 Å². The van der Waals surface area contributed by atoms with Gasteiger partial charge in [0.2, 0.25) is 10.0 Å². The fraction of sp³-hybridized carbons (Fsp3) is 0.643. The second-order valence-electron chi connectivity index (χ2n) is 5.89. The molecule has 1 aromatic heterocycles. The summed E-state index contributed by atoms with van der Waals surface area (Å²) in [6.45, 7) is 3.15. The summed E-state index contributed by atoms with van der Waals surface area (Å²) < 4.78 is 22.2. The molecule has 0 saturated carbocycles. The van der Waals surface area contributed by atoms with Gasteiger partial charge in [-0.05, 0) is 37.1 Å². The molecule has 0 spiro atoms. The van der Waals surface area contributed by atoms with Gasteiger partial charge in [0.25, 0.3) is 0 Å². The summed E-state index contributed by atoms with van der Waals surface area (Å²) in [5, 5.41) is 10.1. The molecule has 0 aliphatic carbocycles. The topological polar surface area (TPSA) is 92.5 Å². The Kier molecular flexibility index (Phi) is 5.82. The van der Waals surface area contributed by atoms with E-state index < -0.39 is 10.0 Å². The van der Waals surface area contributed by atoms with Gasteiger partial charge in [-0.15, -0.1) is 11.3 Å². The average Bonchev–Trinajstić information content (AvgIpc) is 2.90. The molecule has 0 radical (unpaired) electrons. The van der Waals surface area contributed by atoms with E-state index in [1.807, 2.05) is 18.4 Å². The lowest BCUT2D eigenvalue weighted by Crippen LogP contribution is -2.48. The van der Waals surface area contributed by atoms with Crippen LogP contribution in [0, 0.1) is 5.92 Å². The number of amides is 2. The molecule has 1 aliphatic heterocycles. The number of nitrogens with one attached hydrogen (secondary N) is 1. The average molecular weight is 345 g/mol. The molecule has 1 atom stereocenters. The first kappa shape index (κ1) is 17.2. The molecule has 0 aromatic carbocycles. The number of sulfonamides is 1. The molecular formula is C14H23N3O3S2. The van der Waals surface area contributed by atoms with Gasteiger partial charge in [0.05, 0.1) is 5.75 Å². The highest BCUT2D eigenvalue weighted by atomic mass is 32.2. The largest absolute Gasteiger partial charge is 0.335 e. The van der Waals surface area contributed by atoms with Crippen molar-refractivity contribution in [2.24, 2.45) is 11.1 Å². The van der Waals surface area contributed by atoms with Crippen LogP contribution in [0.2, 0.25) is 0 Å². The summed E-state index contributed by atoms with van der Waals surface area (Å²) in [7, 11) is -3.43. The third-order valence-corrected chi connectivity index (χ3v) is 5.66. The normalized spacial score (nSPS) is 18.2. The Labute approximate surface area is 135 Å². The minimum atomic E-state index is -3.43. The number of carbonyl (C=O) groups excluding carboxylic acids is 1. The zero-order chi connectivity index (χ0) is 16.2. The number of hydrogen-bond donors (Lipinski definition) is 2. The van der Waals surface area contributed by atoms with Gasteiger partial charge in [-0.1, -0.05) is 6.07 Å². The number of thiophene rings is 1. The Morgan fingerprint density at radius 2 is 2.18 bits per heavy atom. The predicted molar refractivity (Wildman–Crippen MR) is 88.3 cm³/mol. The van der Waals surface area contributed by atoms with Crippen molar-refractivity contribution >= 4 is 27.4 Å². The molecule has 2 heterocycles. The van der Waals surface area contributed by atoms with Gasteiger partial charge < -0.3 is 10.2 Å². The second kappa shape index (κ2) is 7.43. The Bertz CT molecular complexity index is 578. The first-order chi connectivity index (χ1) is 10.3. The van der Waals surface area contributed by atoms with Gasteiger partial charge >= 0.3 is 6.03 Å². The van der Waals surface area contributed by atoms with Gasteiger partial charge in [-0.2, -0.15) is 0 Å². The Balaban J connectivity index is 1.75. The van der Waals surface area contributed by atoms with Gasteiger partial charge in [0.15, 0.2) is 0 Å². The lowest BCUT2D eigenvalue weighted by atomic mass is 9.99. The maximum atomic E-state index is 12.2. The highest BCUT2D eigenvalue weighted by molar-refractivity contribution is 7.89. The Morgan fingerprint density at radius 1 is 1.50 bits per heavy atom. The number of piperidine rings is 1. The highest BCUT2D eigenvalue weighted by Gasteiger charge is 2.25. The summed E-state index contributed by atoms with van der Waals surface area (Å²) in [5.41, 5.74) is 0. The van der Waals surface area contributed by atoms with Crippen LogP contribution in [-0.2, 0) is 16.4 Å². The summed E-state index contributed by atoms with van der Waals surface area (Å²) in [4.78, 5) is 15.2. The van der Waals surface area contributed by atoms with Crippen molar-refractivity contribution in [1.82, 2.24) is 10.2 Å². The lowest BCUT2D eigenvalue weighted by molar-refractivity contribution is 0.171. The van der Waals surface area contributed by atoms with Crippen molar-refractivity contribution in [3.05, 3.63) is 22.4 Å². The summed E-state index contributed by atoms with van der Waals surface area (Å²) in [5.74, 6) is 0.0691. The first-order valence-corrected chi connectivity index (χ1v) is 10.0. The van der Waals surface area contributed by atoms with Crippen LogP contribution in [0.15, 0.2) is 17.5 Å². The molecule has 0 unspecified atom stereocenters. The standard InChI is InChI=1S/C14H23N3O3S2/c1-11(9-13-3-2-8-21-13)16-14(18)17-6-4-12(5-7-17)10-22(15,19)20/h2-3,8,11-12H,4-7,9-10H2,1H3,(H,16,18)(H2,15,19,20)/t11-/m0/s1. The molecule has 2 rings (SSSR count). The summed E-state index contributed by atoms with van der Waals surface area (Å²) >= 11 is 1.69. The molecule has 1 saturated heterocycles. The van der Waals surface area contributed by atoms with E-state index in [9.17, 15) is 13.2 Å². The summed E-state index contributed by atoms with van der Waals surface area (Å²) in [6.07, 6.45) is 2.19. The fourth-order valence-corrected chi connectivity index (χ4v) is 4.54. The minimum Gasteiger partial charge on any atom is -0.335 e. The molecule has 2 amide bonds. The van der Waals surface area contributed by atoms with E-state index in [0.29, 0.717) is 25.9 Å². The van der Waals surface area contributed by atoms with Gasteiger partial charge in [0.1, 0.15) is 0 Å². The van der Waals surface area contributed by atoms with Crippen LogP contribution >= 0.6 is 11.3 Å². The molecule has 6 nitrogen and oxygen atoms in total. The summed E-state index contributed by atoms with van der Waals surface area (Å²) in [6, 6.07) is 4.07. The number of primary sulfonamides is 1. The molecule has 1 fully saturated rings. The van der Waals surface area contributed by atoms with Crippen LogP contribution in [0.5, 0.6) is 0 Å². The van der Waals surface area contributed by atoms with E-state index in [1.54, 1.807) is 16.2 Å². The van der Waals surface area contributed by atoms with Crippen molar-refractivity contribution in [3.63, 3.8) is 0 Å². The highest BCUT2D eigenvalue weighted by Crippen LogP contribution is 2.18. The molecule has 0 bridgehead atoms. The number of rotatable bonds is 5. The molecule has 3 N–H and O–H groups in total. The lowest BCUT2D eigenvalue weighted by Gasteiger charge is -2.32. The number of urea groups is 1. The van der Waals surface area contributed by atoms with E-state index in [0.717, 1.165) is 6.42 Å². The molecule has 124 valence electrons. The zero-order valence-corrected chi connectivity index (χ0v) is 14.3. The van der Waals surface area contributed by atoms with Gasteiger partial charge in [-0.3, -0.25) is 0 Å². The Morgan fingerprint density at radius 3 is 2.73 bits per heavy atom. The maximum Gasteiger partial charge on any atom is 0.317 e. The van der Waals surface area contributed by atoms with Crippen molar-refractivity contribution < 1.29 is 13.2 Å². The number of likely N-dealkylation sites (tertiary alicyclic amines) is 1. The van der Waals surface area contributed by atoms with Crippen molar-refractivity contribution in [3.8, 4) is 0 Å². The molecule has 22 heavy (non-hydrogen) atoms. The van der Waals surface area contributed by atoms with Crippen molar-refractivity contribution in [2.75, 3.05) is 18.8 Å². The number of carbonyl (C=O) groups is 1. The Hall–Kier alpha value is -1.12. The number of nitrogens with two attached hydrogens (primary N) is 1. The second-order valence-corrected chi connectivity index (χ2v) is 8.59. The number of hydrogen-bond acceptors (Lipinski definition) is 4. The smallest absolute Gasteiger partial charge is 0.317 e. The molecule has 8 heteroatoms. The number of nitrogens with zero attached hydrogens (tertiary/aromatic N) is 1. The van der Waals surface area contributed by atoms with Crippen molar-refractivity contribution in [1.29, 1.82) is 0 Å². The van der Waals surface area contributed by atoms with Crippen LogP contribution in [0.1, 0.15) is 24.6 Å². The molecular weight excluding hydrogens is 322 g/mol. The van der Waals surface area contributed by atoms with Crippen LogP contribution in [0.4, 0.5) is 4.79 Å². The molecule has 1 aromatic rings. The van der Waals surface area contributed by atoms with E-state index >= 15 is 0 Å². The predicted octanol–water partition coefficient (Wildman–Crippen LogP) is 1.39.